The van der Waals surface area contributed by atoms with Gasteiger partial charge in [-0.05, 0) is 83.9 Å². The molecule has 3 aliphatic rings. The fraction of sp³-hybridized carbons (Fsp3) is 0.412. The van der Waals surface area contributed by atoms with Crippen molar-refractivity contribution in [3.8, 4) is 11.1 Å². The molecule has 6 rings (SSSR count). The minimum atomic E-state index is -4.86. The molecule has 42 heavy (non-hydrogen) atoms. The molecule has 4 unspecified atom stereocenters. The van der Waals surface area contributed by atoms with Gasteiger partial charge in [0, 0.05) is 18.0 Å². The van der Waals surface area contributed by atoms with Crippen LogP contribution in [0.15, 0.2) is 60.7 Å². The molecule has 1 heterocycles. The lowest BCUT2D eigenvalue weighted by molar-refractivity contribution is -0.170. The number of halogens is 3. The third kappa shape index (κ3) is 5.21. The number of nitrogens with one attached hydrogen (secondary N) is 1. The van der Waals surface area contributed by atoms with Crippen LogP contribution in [-0.2, 0) is 11.2 Å². The van der Waals surface area contributed by atoms with Crippen LogP contribution in [0.25, 0.3) is 11.1 Å². The summed E-state index contributed by atoms with van der Waals surface area (Å²) in [5.74, 6) is -2.24. The number of hydrogen-bond acceptors (Lipinski definition) is 4. The highest BCUT2D eigenvalue weighted by Crippen LogP contribution is 2.54. The van der Waals surface area contributed by atoms with Gasteiger partial charge in [0.2, 0.25) is 5.91 Å². The summed E-state index contributed by atoms with van der Waals surface area (Å²) in [5.41, 5.74) is 12.4. The first-order chi connectivity index (χ1) is 20.2. The number of nitrogens with zero attached hydrogens (tertiary/aromatic N) is 1. The second-order valence-electron chi connectivity index (χ2n) is 11.8. The number of anilines is 1. The Morgan fingerprint density at radius 3 is 2.48 bits per heavy atom. The minimum Gasteiger partial charge on any atom is -0.355 e. The number of alkyl halides is 3. The predicted octanol–water partition coefficient (Wildman–Crippen LogP) is 7.04. The first-order valence-corrected chi connectivity index (χ1v) is 15.0. The highest BCUT2D eigenvalue weighted by molar-refractivity contribution is 6.09. The summed E-state index contributed by atoms with van der Waals surface area (Å²) < 4.78 is 40.4. The van der Waals surface area contributed by atoms with Gasteiger partial charge in [0.1, 0.15) is 0 Å². The Bertz CT molecular complexity index is 1500. The van der Waals surface area contributed by atoms with Crippen LogP contribution >= 0.6 is 0 Å². The Morgan fingerprint density at radius 2 is 1.76 bits per heavy atom. The maximum atomic E-state index is 14.4. The lowest BCUT2D eigenvalue weighted by Gasteiger charge is -2.38. The van der Waals surface area contributed by atoms with E-state index < -0.39 is 18.1 Å². The number of piperidine rings is 1. The summed E-state index contributed by atoms with van der Waals surface area (Å²) in [6.07, 6.45) is 0.356. The van der Waals surface area contributed by atoms with Gasteiger partial charge < -0.3 is 10.6 Å². The Kier molecular flexibility index (Phi) is 7.60. The van der Waals surface area contributed by atoms with Crippen molar-refractivity contribution in [3.05, 3.63) is 88.5 Å². The SMILES string of the molecule is CCCCc1c2c(cc(C(=O)C3CC3c3ccccc3)c1N1CCCCC1N)-c1ccccc1C2C(=O)NC(F)(F)F. The zero-order valence-electron chi connectivity index (χ0n) is 23.7. The van der Waals surface area contributed by atoms with Crippen LogP contribution in [0, 0.1) is 5.92 Å². The highest BCUT2D eigenvalue weighted by Gasteiger charge is 2.47. The topological polar surface area (TPSA) is 75.4 Å². The molecule has 220 valence electrons. The number of carbonyl (C=O) groups is 2. The van der Waals surface area contributed by atoms with Gasteiger partial charge in [-0.3, -0.25) is 14.9 Å². The standard InChI is InChI=1S/C34H36F3N3O2/c1-2-3-13-23-29-25(21-14-7-8-15-22(21)30(29)33(42)39-34(35,36)37)19-27(31(23)40-17-10-9-16-28(40)38)32(41)26-18-24(26)20-11-5-4-6-12-20/h4-8,11-12,14-15,19,24,26,28,30H,2-3,9-10,13,16-18,38H2,1H3,(H,39,42). The Balaban J connectivity index is 1.56. The van der Waals surface area contributed by atoms with Crippen molar-refractivity contribution in [2.45, 2.75) is 76.2 Å². The number of fused-ring (bicyclic) bond motifs is 3. The average molecular weight is 576 g/mol. The number of benzene rings is 3. The molecule has 1 aliphatic heterocycles. The number of hydrogen-bond donors (Lipinski definition) is 2. The number of amides is 1. The Hall–Kier alpha value is -3.65. The van der Waals surface area contributed by atoms with Gasteiger partial charge >= 0.3 is 6.30 Å². The molecule has 4 atom stereocenters. The van der Waals surface area contributed by atoms with Crippen molar-refractivity contribution in [1.29, 1.82) is 0 Å². The van der Waals surface area contributed by atoms with Crippen molar-refractivity contribution in [1.82, 2.24) is 5.32 Å². The van der Waals surface area contributed by atoms with E-state index in [2.05, 4.69) is 24.0 Å². The monoisotopic (exact) mass is 575 g/mol. The largest absolute Gasteiger partial charge is 0.484 e. The Labute approximate surface area is 244 Å². The predicted molar refractivity (Wildman–Crippen MR) is 157 cm³/mol. The summed E-state index contributed by atoms with van der Waals surface area (Å²) in [5, 5.41) is 1.28. The third-order valence-corrected chi connectivity index (χ3v) is 9.06. The maximum absolute atomic E-state index is 14.4. The van der Waals surface area contributed by atoms with E-state index in [1.165, 1.54) is 5.32 Å². The summed E-state index contributed by atoms with van der Waals surface area (Å²) in [6, 6.07) is 19.0. The molecule has 0 spiro atoms. The molecule has 1 amide bonds. The van der Waals surface area contributed by atoms with Gasteiger partial charge in [0.25, 0.3) is 0 Å². The van der Waals surface area contributed by atoms with Crippen molar-refractivity contribution in [2.75, 3.05) is 11.4 Å². The first-order valence-electron chi connectivity index (χ1n) is 15.0. The number of nitrogens with two attached hydrogens (primary N) is 1. The van der Waals surface area contributed by atoms with Gasteiger partial charge in [-0.2, -0.15) is 13.2 Å². The first kappa shape index (κ1) is 28.5. The van der Waals surface area contributed by atoms with Gasteiger partial charge in [0.15, 0.2) is 5.78 Å². The summed E-state index contributed by atoms with van der Waals surface area (Å²) in [6.45, 7) is 2.71. The van der Waals surface area contributed by atoms with Crippen LogP contribution < -0.4 is 16.0 Å². The molecule has 0 bridgehead atoms. The molecule has 5 nitrogen and oxygen atoms in total. The molecule has 2 aliphatic carbocycles. The van der Waals surface area contributed by atoms with Crippen molar-refractivity contribution >= 4 is 17.4 Å². The molecule has 3 aromatic rings. The third-order valence-electron chi connectivity index (χ3n) is 9.06. The normalized spacial score (nSPS) is 22.8. The van der Waals surface area contributed by atoms with E-state index in [1.807, 2.05) is 36.4 Å². The molecule has 2 fully saturated rings. The summed E-state index contributed by atoms with van der Waals surface area (Å²) >= 11 is 0. The second kappa shape index (κ2) is 11.2. The maximum Gasteiger partial charge on any atom is 0.484 e. The van der Waals surface area contributed by atoms with Crippen LogP contribution in [0.2, 0.25) is 0 Å². The molecular formula is C34H36F3N3O2. The van der Waals surface area contributed by atoms with E-state index in [0.717, 1.165) is 55.3 Å². The number of rotatable bonds is 8. The van der Waals surface area contributed by atoms with Gasteiger partial charge in [0.05, 0.1) is 17.8 Å². The molecular weight excluding hydrogens is 539 g/mol. The molecule has 0 radical (unpaired) electrons. The van der Waals surface area contributed by atoms with Gasteiger partial charge in [-0.1, -0.05) is 67.9 Å². The smallest absolute Gasteiger partial charge is 0.355 e. The van der Waals surface area contributed by atoms with Crippen molar-refractivity contribution < 1.29 is 22.8 Å². The van der Waals surface area contributed by atoms with Crippen LogP contribution in [0.4, 0.5) is 18.9 Å². The second-order valence-corrected chi connectivity index (χ2v) is 11.8. The lowest BCUT2D eigenvalue weighted by Crippen LogP contribution is -2.47. The zero-order chi connectivity index (χ0) is 29.6. The number of Topliss-reactive ketones (excluding diaryl/α,β-unsaturated/α-hetero) is 1. The number of ketones is 1. The van der Waals surface area contributed by atoms with Crippen molar-refractivity contribution in [3.63, 3.8) is 0 Å². The van der Waals surface area contributed by atoms with Crippen molar-refractivity contribution in [2.24, 2.45) is 11.7 Å². The van der Waals surface area contributed by atoms with E-state index in [1.54, 1.807) is 12.1 Å². The number of unbranched alkanes of at least 4 members (excludes halogenated alkanes) is 1. The fourth-order valence-electron chi connectivity index (χ4n) is 7.04. The minimum absolute atomic E-state index is 0.0397. The summed E-state index contributed by atoms with van der Waals surface area (Å²) in [4.78, 5) is 29.9. The average Bonchev–Trinajstić information content (AvgIpc) is 3.70. The lowest BCUT2D eigenvalue weighted by atomic mass is 9.84. The highest BCUT2D eigenvalue weighted by atomic mass is 19.4. The number of carbonyl (C=O) groups excluding carboxylic acids is 2. The molecule has 3 aromatic carbocycles. The van der Waals surface area contributed by atoms with Crippen LogP contribution in [-0.4, -0.2) is 30.7 Å². The van der Waals surface area contributed by atoms with E-state index in [-0.39, 0.29) is 23.8 Å². The molecule has 0 aromatic heterocycles. The van der Waals surface area contributed by atoms with Gasteiger partial charge in [-0.15, -0.1) is 0 Å². The summed E-state index contributed by atoms with van der Waals surface area (Å²) in [7, 11) is 0. The van der Waals surface area contributed by atoms with Crippen LogP contribution in [0.5, 0.6) is 0 Å². The molecule has 1 saturated heterocycles. The van der Waals surface area contributed by atoms with E-state index >= 15 is 0 Å². The van der Waals surface area contributed by atoms with Gasteiger partial charge in [-0.25, -0.2) is 0 Å². The quantitative estimate of drug-likeness (QED) is 0.223. The van der Waals surface area contributed by atoms with E-state index in [9.17, 15) is 22.8 Å². The fourth-order valence-corrected chi connectivity index (χ4v) is 7.04. The van der Waals surface area contributed by atoms with Crippen LogP contribution in [0.1, 0.15) is 89.9 Å². The van der Waals surface area contributed by atoms with E-state index in [0.29, 0.717) is 40.8 Å². The molecule has 3 N–H and O–H groups in total. The Morgan fingerprint density at radius 1 is 1.02 bits per heavy atom. The molecule has 1 saturated carbocycles. The molecule has 8 heteroatoms. The van der Waals surface area contributed by atoms with Crippen LogP contribution in [0.3, 0.4) is 0 Å². The zero-order valence-corrected chi connectivity index (χ0v) is 23.7. The van der Waals surface area contributed by atoms with E-state index in [4.69, 9.17) is 5.73 Å².